The first-order chi connectivity index (χ1) is 10.2. The van der Waals surface area contributed by atoms with Crippen LogP contribution >= 0.6 is 11.8 Å². The summed E-state index contributed by atoms with van der Waals surface area (Å²) in [5.41, 5.74) is 2.07. The van der Waals surface area contributed by atoms with Crippen molar-refractivity contribution in [3.63, 3.8) is 0 Å². The highest BCUT2D eigenvalue weighted by Crippen LogP contribution is 2.26. The average molecular weight is 317 g/mol. The van der Waals surface area contributed by atoms with E-state index in [9.17, 15) is 4.79 Å². The molecule has 1 heterocycles. The quantitative estimate of drug-likeness (QED) is 0.636. The van der Waals surface area contributed by atoms with Crippen LogP contribution in [0, 0.1) is 6.92 Å². The zero-order valence-electron chi connectivity index (χ0n) is 14.0. The Kier molecular flexibility index (Phi) is 4.75. The zero-order valence-corrected chi connectivity index (χ0v) is 14.9. The Balaban J connectivity index is 2.12. The fourth-order valence-corrected chi connectivity index (χ4v) is 3.01. The number of ketones is 1. The molecule has 2 rings (SSSR count). The van der Waals surface area contributed by atoms with E-state index in [1.54, 1.807) is 0 Å². The molecule has 5 heteroatoms. The summed E-state index contributed by atoms with van der Waals surface area (Å²) in [6.07, 6.45) is 0. The van der Waals surface area contributed by atoms with E-state index < -0.39 is 0 Å². The summed E-state index contributed by atoms with van der Waals surface area (Å²) in [5, 5.41) is 8.70. The summed E-state index contributed by atoms with van der Waals surface area (Å²) in [6.45, 7) is 10.3. The predicted molar refractivity (Wildman–Crippen MR) is 90.5 cm³/mol. The van der Waals surface area contributed by atoms with E-state index in [2.05, 4.69) is 31.0 Å². The maximum absolute atomic E-state index is 12.5. The standard InChI is InChI=1S/C17H23N3OS/c1-11(22-16-19-18-12(2)20(16)6)15(21)13-7-9-14(10-8-13)17(3,4)5/h7-11H,1-6H3/t11-/m1/s1. The summed E-state index contributed by atoms with van der Waals surface area (Å²) in [6, 6.07) is 7.91. The smallest absolute Gasteiger partial charge is 0.191 e. The molecule has 0 unspecified atom stereocenters. The lowest BCUT2D eigenvalue weighted by atomic mass is 9.86. The molecular weight excluding hydrogens is 294 g/mol. The van der Waals surface area contributed by atoms with Crippen molar-refractivity contribution in [2.24, 2.45) is 7.05 Å². The minimum absolute atomic E-state index is 0.0953. The van der Waals surface area contributed by atoms with Crippen molar-refractivity contribution in [2.75, 3.05) is 0 Å². The minimum atomic E-state index is -0.192. The molecule has 0 fully saturated rings. The van der Waals surface area contributed by atoms with Gasteiger partial charge in [-0.3, -0.25) is 4.79 Å². The molecule has 1 aromatic heterocycles. The summed E-state index contributed by atoms with van der Waals surface area (Å²) in [4.78, 5) is 12.5. The average Bonchev–Trinajstić information content (AvgIpc) is 2.77. The van der Waals surface area contributed by atoms with Crippen molar-refractivity contribution in [3.8, 4) is 0 Å². The first-order valence-electron chi connectivity index (χ1n) is 7.37. The first-order valence-corrected chi connectivity index (χ1v) is 8.25. The molecule has 0 spiro atoms. The van der Waals surface area contributed by atoms with Gasteiger partial charge in [-0.15, -0.1) is 10.2 Å². The second-order valence-electron chi connectivity index (χ2n) is 6.54. The van der Waals surface area contributed by atoms with Crippen molar-refractivity contribution in [2.45, 2.75) is 50.4 Å². The fourth-order valence-electron chi connectivity index (χ4n) is 2.07. The van der Waals surface area contributed by atoms with Crippen LogP contribution in [0.5, 0.6) is 0 Å². The van der Waals surface area contributed by atoms with E-state index in [0.29, 0.717) is 0 Å². The summed E-state index contributed by atoms with van der Waals surface area (Å²) in [5.74, 6) is 0.961. The number of thioether (sulfide) groups is 1. The molecule has 0 radical (unpaired) electrons. The molecule has 1 aromatic carbocycles. The molecular formula is C17H23N3OS. The predicted octanol–water partition coefficient (Wildman–Crippen LogP) is 3.78. The molecule has 118 valence electrons. The highest BCUT2D eigenvalue weighted by molar-refractivity contribution is 8.00. The van der Waals surface area contributed by atoms with E-state index in [4.69, 9.17) is 0 Å². The molecule has 0 aliphatic rings. The lowest BCUT2D eigenvalue weighted by molar-refractivity contribution is 0.0994. The van der Waals surface area contributed by atoms with Gasteiger partial charge in [0.1, 0.15) is 5.82 Å². The minimum Gasteiger partial charge on any atom is -0.309 e. The molecule has 4 nitrogen and oxygen atoms in total. The zero-order chi connectivity index (χ0) is 16.5. The number of carbonyl (C=O) groups is 1. The SMILES string of the molecule is Cc1nnc(S[C@H](C)C(=O)c2ccc(C(C)(C)C)cc2)n1C. The van der Waals surface area contributed by atoms with Crippen LogP contribution in [0.2, 0.25) is 0 Å². The molecule has 0 amide bonds. The number of rotatable bonds is 4. The van der Waals surface area contributed by atoms with Gasteiger partial charge < -0.3 is 4.57 Å². The van der Waals surface area contributed by atoms with E-state index in [1.807, 2.05) is 49.7 Å². The number of hydrogen-bond acceptors (Lipinski definition) is 4. The van der Waals surface area contributed by atoms with Gasteiger partial charge in [-0.2, -0.15) is 0 Å². The van der Waals surface area contributed by atoms with Crippen LogP contribution in [0.1, 0.15) is 49.4 Å². The second kappa shape index (κ2) is 6.24. The third-order valence-electron chi connectivity index (χ3n) is 3.74. The van der Waals surface area contributed by atoms with Gasteiger partial charge in [-0.25, -0.2) is 0 Å². The van der Waals surface area contributed by atoms with Crippen molar-refractivity contribution in [1.82, 2.24) is 14.8 Å². The van der Waals surface area contributed by atoms with Gasteiger partial charge >= 0.3 is 0 Å². The number of benzene rings is 1. The summed E-state index contributed by atoms with van der Waals surface area (Å²) < 4.78 is 1.90. The van der Waals surface area contributed by atoms with Gasteiger partial charge in [-0.1, -0.05) is 56.8 Å². The van der Waals surface area contributed by atoms with Crippen molar-refractivity contribution in [1.29, 1.82) is 0 Å². The maximum atomic E-state index is 12.5. The van der Waals surface area contributed by atoms with E-state index >= 15 is 0 Å². The molecule has 0 bridgehead atoms. The normalized spacial score (nSPS) is 13.2. The van der Waals surface area contributed by atoms with Crippen LogP contribution in [-0.4, -0.2) is 25.8 Å². The number of Topliss-reactive ketones (excluding diaryl/α,β-unsaturated/α-hetero) is 1. The Bertz CT molecular complexity index is 668. The number of hydrogen-bond donors (Lipinski definition) is 0. The largest absolute Gasteiger partial charge is 0.309 e. The molecule has 0 N–H and O–H groups in total. The van der Waals surface area contributed by atoms with Crippen molar-refractivity contribution < 1.29 is 4.79 Å². The van der Waals surface area contributed by atoms with E-state index in [0.717, 1.165) is 16.5 Å². The first kappa shape index (κ1) is 16.7. The van der Waals surface area contributed by atoms with Gasteiger partial charge in [0.25, 0.3) is 0 Å². The fraction of sp³-hybridized carbons (Fsp3) is 0.471. The lowest BCUT2D eigenvalue weighted by Crippen LogP contribution is -2.16. The van der Waals surface area contributed by atoms with Crippen LogP contribution in [0.25, 0.3) is 0 Å². The summed E-state index contributed by atoms with van der Waals surface area (Å²) >= 11 is 1.44. The number of aryl methyl sites for hydroxylation is 1. The second-order valence-corrected chi connectivity index (χ2v) is 7.85. The van der Waals surface area contributed by atoms with Crippen molar-refractivity contribution in [3.05, 3.63) is 41.2 Å². The Morgan fingerprint density at radius 1 is 1.18 bits per heavy atom. The van der Waals surface area contributed by atoms with E-state index in [1.165, 1.54) is 17.3 Å². The van der Waals surface area contributed by atoms with Gasteiger partial charge in [-0.05, 0) is 24.8 Å². The summed E-state index contributed by atoms with van der Waals surface area (Å²) in [7, 11) is 1.91. The van der Waals surface area contributed by atoms with Crippen LogP contribution in [0.3, 0.4) is 0 Å². The third kappa shape index (κ3) is 3.58. The van der Waals surface area contributed by atoms with E-state index in [-0.39, 0.29) is 16.4 Å². The Labute approximate surface area is 136 Å². The number of carbonyl (C=O) groups excluding carboxylic acids is 1. The Morgan fingerprint density at radius 2 is 1.77 bits per heavy atom. The van der Waals surface area contributed by atoms with Gasteiger partial charge in [0.15, 0.2) is 10.9 Å². The third-order valence-corrected chi connectivity index (χ3v) is 4.87. The monoisotopic (exact) mass is 317 g/mol. The Morgan fingerprint density at radius 3 is 2.23 bits per heavy atom. The maximum Gasteiger partial charge on any atom is 0.191 e. The van der Waals surface area contributed by atoms with Crippen molar-refractivity contribution >= 4 is 17.5 Å². The van der Waals surface area contributed by atoms with Crippen LogP contribution in [0.15, 0.2) is 29.4 Å². The van der Waals surface area contributed by atoms with Crippen LogP contribution in [0.4, 0.5) is 0 Å². The molecule has 22 heavy (non-hydrogen) atoms. The topological polar surface area (TPSA) is 47.8 Å². The molecule has 0 aliphatic heterocycles. The molecule has 0 aliphatic carbocycles. The molecule has 0 saturated heterocycles. The van der Waals surface area contributed by atoms with Gasteiger partial charge in [0, 0.05) is 12.6 Å². The van der Waals surface area contributed by atoms with Crippen LogP contribution in [-0.2, 0) is 12.5 Å². The van der Waals surface area contributed by atoms with Crippen LogP contribution < -0.4 is 0 Å². The number of nitrogens with zero attached hydrogens (tertiary/aromatic N) is 3. The highest BCUT2D eigenvalue weighted by Gasteiger charge is 2.20. The van der Waals surface area contributed by atoms with Gasteiger partial charge in [0.05, 0.1) is 5.25 Å². The highest BCUT2D eigenvalue weighted by atomic mass is 32.2. The molecule has 1 atom stereocenters. The van der Waals surface area contributed by atoms with Gasteiger partial charge in [0.2, 0.25) is 0 Å². The Hall–Kier alpha value is -1.62. The molecule has 0 saturated carbocycles. The molecule has 2 aromatic rings. The number of aromatic nitrogens is 3. The lowest BCUT2D eigenvalue weighted by Gasteiger charge is -2.19.